The van der Waals surface area contributed by atoms with Crippen LogP contribution in [0.25, 0.3) is 6.08 Å². The highest BCUT2D eigenvalue weighted by molar-refractivity contribution is 5.81. The molecule has 3 aromatic carbocycles. The molecule has 0 aliphatic rings. The Morgan fingerprint density at radius 3 is 2.14 bits per heavy atom. The molecule has 0 aliphatic heterocycles. The molecule has 0 bridgehead atoms. The molecule has 0 spiro atoms. The number of hydrogen-bond donors (Lipinski definition) is 1. The zero-order valence-electron chi connectivity index (χ0n) is 15.9. The fourth-order valence-electron chi connectivity index (χ4n) is 2.42. The number of nitrogens with zero attached hydrogens (tertiary/aromatic N) is 1. The van der Waals surface area contributed by atoms with Gasteiger partial charge in [0, 0.05) is 6.21 Å². The van der Waals surface area contributed by atoms with E-state index < -0.39 is 0 Å². The van der Waals surface area contributed by atoms with E-state index in [0.29, 0.717) is 12.4 Å². The Labute approximate surface area is 170 Å². The van der Waals surface area contributed by atoms with Crippen molar-refractivity contribution in [2.24, 2.45) is 5.10 Å². The van der Waals surface area contributed by atoms with Crippen LogP contribution < -0.4 is 14.9 Å². The van der Waals surface area contributed by atoms with E-state index in [0.717, 1.165) is 16.9 Å². The molecule has 0 aliphatic carbocycles. The summed E-state index contributed by atoms with van der Waals surface area (Å²) in [7, 11) is 0. The van der Waals surface area contributed by atoms with E-state index in [1.807, 2.05) is 78.9 Å². The Bertz CT molecular complexity index is 937. The van der Waals surface area contributed by atoms with E-state index in [2.05, 4.69) is 10.5 Å². The molecule has 0 unspecified atom stereocenters. The van der Waals surface area contributed by atoms with Crippen molar-refractivity contribution in [3.05, 3.63) is 102 Å². The van der Waals surface area contributed by atoms with Crippen molar-refractivity contribution in [2.45, 2.75) is 6.61 Å². The van der Waals surface area contributed by atoms with Gasteiger partial charge in [0.05, 0.1) is 0 Å². The average Bonchev–Trinajstić information content (AvgIpc) is 2.78. The fourth-order valence-corrected chi connectivity index (χ4v) is 2.42. The summed E-state index contributed by atoms with van der Waals surface area (Å²) in [6.45, 7) is 0.379. The molecule has 146 valence electrons. The third kappa shape index (κ3) is 7.34. The van der Waals surface area contributed by atoms with Crippen molar-refractivity contribution in [3.63, 3.8) is 0 Å². The van der Waals surface area contributed by atoms with Gasteiger partial charge in [0.15, 0.2) is 6.61 Å². The zero-order valence-corrected chi connectivity index (χ0v) is 15.9. The highest BCUT2D eigenvalue weighted by Crippen LogP contribution is 2.18. The summed E-state index contributed by atoms with van der Waals surface area (Å²) in [5, 5.41) is 3.85. The largest absolute Gasteiger partial charge is 0.489 e. The number of nitrogens with one attached hydrogen (secondary N) is 1. The molecule has 3 rings (SSSR count). The van der Waals surface area contributed by atoms with Gasteiger partial charge in [0.25, 0.3) is 5.91 Å². The summed E-state index contributed by atoms with van der Waals surface area (Å²) in [5.41, 5.74) is 4.58. The maximum Gasteiger partial charge on any atom is 0.277 e. The first-order valence-corrected chi connectivity index (χ1v) is 9.23. The van der Waals surface area contributed by atoms with Gasteiger partial charge in [-0.1, -0.05) is 66.7 Å². The van der Waals surface area contributed by atoms with Crippen LogP contribution in [0.3, 0.4) is 0 Å². The summed E-state index contributed by atoms with van der Waals surface area (Å²) < 4.78 is 11.2. The van der Waals surface area contributed by atoms with Gasteiger partial charge in [-0.15, -0.1) is 0 Å². The highest BCUT2D eigenvalue weighted by atomic mass is 16.5. The quantitative estimate of drug-likeness (QED) is 0.436. The minimum Gasteiger partial charge on any atom is -0.489 e. The Morgan fingerprint density at radius 2 is 1.45 bits per heavy atom. The second-order valence-electron chi connectivity index (χ2n) is 6.12. The maximum atomic E-state index is 11.8. The summed E-state index contributed by atoms with van der Waals surface area (Å²) in [4.78, 5) is 11.8. The lowest BCUT2D eigenvalue weighted by Crippen LogP contribution is -2.24. The molecular weight excluding hydrogens is 364 g/mol. The van der Waals surface area contributed by atoms with Crippen LogP contribution in [0.1, 0.15) is 11.1 Å². The minimum atomic E-state index is -0.334. The van der Waals surface area contributed by atoms with Crippen molar-refractivity contribution in [1.29, 1.82) is 0 Å². The normalized spacial score (nSPS) is 10.9. The molecule has 5 heteroatoms. The highest BCUT2D eigenvalue weighted by Gasteiger charge is 2.02. The van der Waals surface area contributed by atoms with Gasteiger partial charge < -0.3 is 9.47 Å². The minimum absolute atomic E-state index is 0.121. The maximum absolute atomic E-state index is 11.8. The topological polar surface area (TPSA) is 59.9 Å². The van der Waals surface area contributed by atoms with Crippen LogP contribution in [0.5, 0.6) is 11.5 Å². The third-order valence-corrected chi connectivity index (χ3v) is 3.88. The van der Waals surface area contributed by atoms with Gasteiger partial charge in [-0.3, -0.25) is 4.79 Å². The van der Waals surface area contributed by atoms with E-state index in [1.54, 1.807) is 18.2 Å². The summed E-state index contributed by atoms with van der Waals surface area (Å²) in [5.74, 6) is 0.986. The molecule has 0 saturated carbocycles. The number of amides is 1. The third-order valence-electron chi connectivity index (χ3n) is 3.88. The monoisotopic (exact) mass is 386 g/mol. The standard InChI is InChI=1S/C24H22N2O3/c27-24(26-25-17-7-12-20-8-3-1-4-9-20)19-29-23-15-13-22(14-16-23)28-18-21-10-5-2-6-11-21/h1-17H,18-19H2,(H,26,27). The van der Waals surface area contributed by atoms with Crippen molar-refractivity contribution in [1.82, 2.24) is 5.43 Å². The second-order valence-corrected chi connectivity index (χ2v) is 6.12. The summed E-state index contributed by atoms with van der Waals surface area (Å²) >= 11 is 0. The summed E-state index contributed by atoms with van der Waals surface area (Å²) in [6, 6.07) is 26.9. The number of benzene rings is 3. The Balaban J connectivity index is 1.36. The number of ether oxygens (including phenoxy) is 2. The number of hydrogen-bond acceptors (Lipinski definition) is 4. The van der Waals surface area contributed by atoms with E-state index >= 15 is 0 Å². The molecule has 0 saturated heterocycles. The molecular formula is C24H22N2O3. The molecule has 0 radical (unpaired) electrons. The molecule has 0 atom stereocenters. The molecule has 0 heterocycles. The van der Waals surface area contributed by atoms with Crippen LogP contribution in [-0.2, 0) is 11.4 Å². The summed E-state index contributed by atoms with van der Waals surface area (Å²) in [6.07, 6.45) is 5.17. The first-order chi connectivity index (χ1) is 14.3. The molecule has 3 aromatic rings. The Kier molecular flexibility index (Phi) is 7.61. The van der Waals surface area contributed by atoms with Gasteiger partial charge in [0.2, 0.25) is 0 Å². The van der Waals surface area contributed by atoms with Crippen LogP contribution in [0.15, 0.2) is 96.1 Å². The lowest BCUT2D eigenvalue weighted by Gasteiger charge is -2.08. The fraction of sp³-hybridized carbons (Fsp3) is 0.0833. The molecule has 29 heavy (non-hydrogen) atoms. The molecule has 5 nitrogen and oxygen atoms in total. The predicted octanol–water partition coefficient (Wildman–Crippen LogP) is 4.46. The number of hydrazone groups is 1. The molecule has 1 amide bonds. The van der Waals surface area contributed by atoms with E-state index in [-0.39, 0.29) is 12.5 Å². The lowest BCUT2D eigenvalue weighted by molar-refractivity contribution is -0.123. The van der Waals surface area contributed by atoms with Crippen LogP contribution in [0.2, 0.25) is 0 Å². The molecule has 0 fully saturated rings. The average molecular weight is 386 g/mol. The van der Waals surface area contributed by atoms with Crippen LogP contribution >= 0.6 is 0 Å². The molecule has 0 aromatic heterocycles. The van der Waals surface area contributed by atoms with Crippen molar-refractivity contribution in [2.75, 3.05) is 6.61 Å². The van der Waals surface area contributed by atoms with Gasteiger partial charge in [-0.05, 0) is 41.5 Å². The smallest absolute Gasteiger partial charge is 0.277 e. The van der Waals surface area contributed by atoms with Gasteiger partial charge in [-0.25, -0.2) is 5.43 Å². The first-order valence-electron chi connectivity index (χ1n) is 9.23. The Hall–Kier alpha value is -3.86. The number of carbonyl (C=O) groups excluding carboxylic acids is 1. The Morgan fingerprint density at radius 1 is 0.828 bits per heavy atom. The predicted molar refractivity (Wildman–Crippen MR) is 115 cm³/mol. The van der Waals surface area contributed by atoms with Gasteiger partial charge in [0.1, 0.15) is 18.1 Å². The SMILES string of the molecule is O=C(COc1ccc(OCc2ccccc2)cc1)NN=CC=Cc1ccccc1. The van der Waals surface area contributed by atoms with E-state index in [4.69, 9.17) is 9.47 Å². The van der Waals surface area contributed by atoms with Crippen LogP contribution in [0.4, 0.5) is 0 Å². The molecule has 1 N–H and O–H groups in total. The van der Waals surface area contributed by atoms with Gasteiger partial charge >= 0.3 is 0 Å². The number of carbonyl (C=O) groups is 1. The first kappa shape index (κ1) is 19.9. The lowest BCUT2D eigenvalue weighted by atomic mass is 10.2. The van der Waals surface area contributed by atoms with Crippen molar-refractivity contribution < 1.29 is 14.3 Å². The van der Waals surface area contributed by atoms with Crippen molar-refractivity contribution >= 4 is 18.2 Å². The number of rotatable bonds is 9. The zero-order chi connectivity index (χ0) is 20.2. The van der Waals surface area contributed by atoms with Crippen LogP contribution in [-0.4, -0.2) is 18.7 Å². The van der Waals surface area contributed by atoms with Gasteiger partial charge in [-0.2, -0.15) is 5.10 Å². The second kappa shape index (κ2) is 11.1. The van der Waals surface area contributed by atoms with E-state index in [1.165, 1.54) is 6.21 Å². The van der Waals surface area contributed by atoms with Crippen molar-refractivity contribution in [3.8, 4) is 11.5 Å². The van der Waals surface area contributed by atoms with E-state index in [9.17, 15) is 4.79 Å². The number of allylic oxidation sites excluding steroid dienone is 1. The van der Waals surface area contributed by atoms with Crippen LogP contribution in [0, 0.1) is 0 Å².